The average Bonchev–Trinajstić information content (AvgIpc) is 3.07. The molecule has 0 bridgehead atoms. The van der Waals surface area contributed by atoms with Gasteiger partial charge in [0.1, 0.15) is 5.54 Å². The zero-order valence-electron chi connectivity index (χ0n) is 20.0. The summed E-state index contributed by atoms with van der Waals surface area (Å²) in [5.74, 6) is 0.630. The number of aryl methyl sites for hydroxylation is 1. The van der Waals surface area contributed by atoms with Crippen LogP contribution in [0.5, 0.6) is 11.5 Å². The Hall–Kier alpha value is -3.62. The topological polar surface area (TPSA) is 101 Å². The molecule has 0 spiro atoms. The molecule has 2 aliphatic heterocycles. The molecule has 1 N–H and O–H groups in total. The predicted octanol–water partition coefficient (Wildman–Crippen LogP) is 2.77. The third-order valence-corrected chi connectivity index (χ3v) is 6.95. The first-order valence-electron chi connectivity index (χ1n) is 11.3. The molecule has 3 heterocycles. The maximum atomic E-state index is 13.5. The third-order valence-electron chi connectivity index (χ3n) is 6.95. The van der Waals surface area contributed by atoms with Gasteiger partial charge in [-0.25, -0.2) is 4.79 Å². The Labute approximate surface area is 199 Å². The first-order valence-corrected chi connectivity index (χ1v) is 11.3. The molecule has 0 unspecified atom stereocenters. The second-order valence-corrected chi connectivity index (χ2v) is 8.88. The highest BCUT2D eigenvalue weighted by molar-refractivity contribution is 6.07. The van der Waals surface area contributed by atoms with Gasteiger partial charge in [-0.15, -0.1) is 0 Å². The molecule has 4 rings (SSSR count). The second kappa shape index (κ2) is 9.32. The molecule has 1 atom stereocenters. The second-order valence-electron chi connectivity index (χ2n) is 8.88. The smallest absolute Gasteiger partial charge is 0.325 e. The summed E-state index contributed by atoms with van der Waals surface area (Å²) in [6, 6.07) is 8.48. The van der Waals surface area contributed by atoms with Crippen LogP contribution in [-0.4, -0.2) is 65.5 Å². The van der Waals surface area contributed by atoms with Crippen LogP contribution in [0.15, 0.2) is 36.5 Å². The van der Waals surface area contributed by atoms with Gasteiger partial charge in [0.05, 0.1) is 26.3 Å². The highest BCUT2D eigenvalue weighted by Crippen LogP contribution is 2.36. The van der Waals surface area contributed by atoms with Crippen molar-refractivity contribution in [1.82, 2.24) is 20.1 Å². The zero-order chi connectivity index (χ0) is 24.5. The molecule has 1 aromatic carbocycles. The van der Waals surface area contributed by atoms with Crippen LogP contribution < -0.4 is 14.8 Å². The SMILES string of the molecule is COc1cccc(CN2C(=O)N[C@](C)(C3CCN(C(=O)c4cccnc4C)CC3)C2=O)c1OC. The quantitative estimate of drug-likeness (QED) is 0.657. The number of rotatable bonds is 6. The van der Waals surface area contributed by atoms with Gasteiger partial charge < -0.3 is 19.7 Å². The van der Waals surface area contributed by atoms with Gasteiger partial charge in [0.15, 0.2) is 11.5 Å². The summed E-state index contributed by atoms with van der Waals surface area (Å²) in [6.07, 6.45) is 2.90. The molecule has 2 fully saturated rings. The molecule has 2 saturated heterocycles. The van der Waals surface area contributed by atoms with Gasteiger partial charge in [-0.3, -0.25) is 19.5 Å². The Morgan fingerprint density at radius 2 is 1.88 bits per heavy atom. The largest absolute Gasteiger partial charge is 0.493 e. The highest BCUT2D eigenvalue weighted by Gasteiger charge is 2.53. The van der Waals surface area contributed by atoms with Gasteiger partial charge in [-0.05, 0) is 50.8 Å². The lowest BCUT2D eigenvalue weighted by Gasteiger charge is -2.39. The minimum absolute atomic E-state index is 0.0530. The van der Waals surface area contributed by atoms with Crippen molar-refractivity contribution in [3.63, 3.8) is 0 Å². The molecular weight excluding hydrogens is 436 g/mol. The van der Waals surface area contributed by atoms with Crippen molar-refractivity contribution in [3.05, 3.63) is 53.3 Å². The van der Waals surface area contributed by atoms with Gasteiger partial charge in [0.25, 0.3) is 11.8 Å². The number of benzene rings is 1. The lowest BCUT2D eigenvalue weighted by Crippen LogP contribution is -2.54. The minimum Gasteiger partial charge on any atom is -0.493 e. The molecule has 180 valence electrons. The molecule has 9 heteroatoms. The van der Waals surface area contributed by atoms with E-state index < -0.39 is 11.6 Å². The normalized spacial score (nSPS) is 20.9. The molecule has 0 aliphatic carbocycles. The van der Waals surface area contributed by atoms with E-state index in [9.17, 15) is 14.4 Å². The predicted molar refractivity (Wildman–Crippen MR) is 125 cm³/mol. The Bertz CT molecular complexity index is 1110. The number of aromatic nitrogens is 1. The first-order chi connectivity index (χ1) is 16.3. The molecular formula is C25H30N4O5. The van der Waals surface area contributed by atoms with E-state index in [4.69, 9.17) is 9.47 Å². The van der Waals surface area contributed by atoms with Gasteiger partial charge in [-0.2, -0.15) is 0 Å². The fourth-order valence-electron chi connectivity index (χ4n) is 4.93. The number of carbonyl (C=O) groups excluding carboxylic acids is 3. The number of carbonyl (C=O) groups is 3. The van der Waals surface area contributed by atoms with E-state index in [1.54, 1.807) is 49.4 Å². The number of nitrogens with one attached hydrogen (secondary N) is 1. The van der Waals surface area contributed by atoms with Crippen molar-refractivity contribution in [1.29, 1.82) is 0 Å². The fourth-order valence-corrected chi connectivity index (χ4v) is 4.93. The number of imide groups is 1. The maximum Gasteiger partial charge on any atom is 0.325 e. The average molecular weight is 467 g/mol. The number of likely N-dealkylation sites (tertiary alicyclic amines) is 1. The molecule has 2 aliphatic rings. The van der Waals surface area contributed by atoms with Crippen molar-refractivity contribution in [2.45, 2.75) is 38.8 Å². The van der Waals surface area contributed by atoms with Crippen molar-refractivity contribution >= 4 is 17.8 Å². The summed E-state index contributed by atoms with van der Waals surface area (Å²) in [5.41, 5.74) is 0.948. The molecule has 34 heavy (non-hydrogen) atoms. The van der Waals surface area contributed by atoms with Gasteiger partial charge in [0, 0.05) is 30.5 Å². The molecule has 0 saturated carbocycles. The van der Waals surface area contributed by atoms with E-state index in [-0.39, 0.29) is 24.3 Å². The first kappa shape index (κ1) is 23.5. The number of methoxy groups -OCH3 is 2. The van der Waals surface area contributed by atoms with E-state index in [1.165, 1.54) is 12.0 Å². The molecule has 9 nitrogen and oxygen atoms in total. The minimum atomic E-state index is -1.03. The van der Waals surface area contributed by atoms with E-state index in [1.807, 2.05) is 13.0 Å². The number of pyridine rings is 1. The Morgan fingerprint density at radius 1 is 1.15 bits per heavy atom. The summed E-state index contributed by atoms with van der Waals surface area (Å²) in [4.78, 5) is 46.5. The summed E-state index contributed by atoms with van der Waals surface area (Å²) in [7, 11) is 3.07. The van der Waals surface area contributed by atoms with Crippen LogP contribution >= 0.6 is 0 Å². The maximum absolute atomic E-state index is 13.5. The van der Waals surface area contributed by atoms with Crippen LogP contribution in [-0.2, 0) is 11.3 Å². The number of ether oxygens (including phenoxy) is 2. The Balaban J connectivity index is 1.46. The van der Waals surface area contributed by atoms with E-state index in [0.29, 0.717) is 54.3 Å². The standard InChI is InChI=1S/C25H30N4O5/c1-16-19(8-6-12-26-16)22(30)28-13-10-18(11-14-28)25(2)23(31)29(24(32)27-25)15-17-7-5-9-20(33-3)21(17)34-4/h5-9,12,18H,10-11,13-15H2,1-4H3,(H,27,32)/t25-/m1/s1. The van der Waals surface area contributed by atoms with Crippen molar-refractivity contribution in [2.24, 2.45) is 5.92 Å². The van der Waals surface area contributed by atoms with Crippen molar-refractivity contribution in [3.8, 4) is 11.5 Å². The number of piperidine rings is 1. The number of hydrogen-bond acceptors (Lipinski definition) is 6. The molecule has 4 amide bonds. The van der Waals surface area contributed by atoms with Crippen LogP contribution in [0.4, 0.5) is 4.79 Å². The van der Waals surface area contributed by atoms with Crippen molar-refractivity contribution < 1.29 is 23.9 Å². The number of amides is 4. The van der Waals surface area contributed by atoms with Gasteiger partial charge >= 0.3 is 6.03 Å². The molecule has 1 aromatic heterocycles. The van der Waals surface area contributed by atoms with Crippen molar-refractivity contribution in [2.75, 3.05) is 27.3 Å². The van der Waals surface area contributed by atoms with Crippen LogP contribution in [0.3, 0.4) is 0 Å². The summed E-state index contributed by atoms with van der Waals surface area (Å²) in [6.45, 7) is 4.71. The van der Waals surface area contributed by atoms with Gasteiger partial charge in [0.2, 0.25) is 0 Å². The highest BCUT2D eigenvalue weighted by atomic mass is 16.5. The lowest BCUT2D eigenvalue weighted by molar-refractivity contribution is -0.133. The summed E-state index contributed by atoms with van der Waals surface area (Å²) >= 11 is 0. The Morgan fingerprint density at radius 3 is 2.53 bits per heavy atom. The van der Waals surface area contributed by atoms with E-state index >= 15 is 0 Å². The fraction of sp³-hybridized carbons (Fsp3) is 0.440. The summed E-state index contributed by atoms with van der Waals surface area (Å²) in [5, 5.41) is 2.92. The number of para-hydroxylation sites is 1. The Kier molecular flexibility index (Phi) is 6.45. The molecule has 0 radical (unpaired) electrons. The number of urea groups is 1. The number of hydrogen-bond donors (Lipinski definition) is 1. The number of nitrogens with zero attached hydrogens (tertiary/aromatic N) is 3. The zero-order valence-corrected chi connectivity index (χ0v) is 20.0. The third kappa shape index (κ3) is 4.06. The van der Waals surface area contributed by atoms with E-state index in [2.05, 4.69) is 10.3 Å². The summed E-state index contributed by atoms with van der Waals surface area (Å²) < 4.78 is 10.8. The van der Waals surface area contributed by atoms with Crippen LogP contribution in [0, 0.1) is 12.8 Å². The molecule has 2 aromatic rings. The van der Waals surface area contributed by atoms with Crippen LogP contribution in [0.1, 0.15) is 41.4 Å². The lowest BCUT2D eigenvalue weighted by atomic mass is 9.78. The van der Waals surface area contributed by atoms with E-state index in [0.717, 1.165) is 0 Å². The monoisotopic (exact) mass is 466 g/mol. The van der Waals surface area contributed by atoms with Crippen LogP contribution in [0.2, 0.25) is 0 Å². The van der Waals surface area contributed by atoms with Gasteiger partial charge in [-0.1, -0.05) is 12.1 Å². The van der Waals surface area contributed by atoms with Crippen LogP contribution in [0.25, 0.3) is 0 Å².